The van der Waals surface area contributed by atoms with E-state index in [2.05, 4.69) is 38.4 Å². The van der Waals surface area contributed by atoms with E-state index in [1.54, 1.807) is 60.7 Å². The molecule has 0 spiro atoms. The molecule has 7 nitrogen and oxygen atoms in total. The minimum Gasteiger partial charge on any atom is -0.507 e. The van der Waals surface area contributed by atoms with Crippen molar-refractivity contribution >= 4 is 66.9 Å². The summed E-state index contributed by atoms with van der Waals surface area (Å²) < 4.78 is 1.66. The summed E-state index contributed by atoms with van der Waals surface area (Å²) in [5.74, 6) is -4.91. The second-order valence-corrected chi connectivity index (χ2v) is 13.7. The molecule has 3 aromatic rings. The summed E-state index contributed by atoms with van der Waals surface area (Å²) in [5.41, 5.74) is 3.04. The molecular formula is C35H28Br2N2O5. The van der Waals surface area contributed by atoms with Crippen LogP contribution in [0.1, 0.15) is 29.9 Å². The second kappa shape index (κ2) is 11.0. The molecule has 0 unspecified atom stereocenters. The van der Waals surface area contributed by atoms with Crippen LogP contribution in [0, 0.1) is 29.6 Å². The fourth-order valence-electron chi connectivity index (χ4n) is 7.81. The molecular weight excluding hydrogens is 688 g/mol. The first kappa shape index (κ1) is 28.9. The SMILES string of the molecule is C=CCc1cccc([C@H]2C3=CC[C@@H]4C(=O)N(c5ccc(Br)cc5)C(=O)[C@@H]4[C@@H]3C[C@H]3C(=O)N(c4ccc(Br)cc4)C(=O)[C@@H]23)c1O. The number of hydrogen-bond donors (Lipinski definition) is 1. The van der Waals surface area contributed by atoms with Crippen molar-refractivity contribution in [2.45, 2.75) is 25.2 Å². The Kier molecular flexibility index (Phi) is 7.21. The van der Waals surface area contributed by atoms with Crippen LogP contribution in [0.5, 0.6) is 5.75 Å². The Labute approximate surface area is 271 Å². The molecule has 0 radical (unpaired) electrons. The number of anilines is 2. The summed E-state index contributed by atoms with van der Waals surface area (Å²) in [4.78, 5) is 58.8. The number of para-hydroxylation sites is 1. The van der Waals surface area contributed by atoms with E-state index in [1.165, 1.54) is 9.80 Å². The Bertz CT molecular complexity index is 1770. The van der Waals surface area contributed by atoms with Gasteiger partial charge in [0.15, 0.2) is 0 Å². The summed E-state index contributed by atoms with van der Waals surface area (Å²) in [5, 5.41) is 11.5. The van der Waals surface area contributed by atoms with Gasteiger partial charge in [0, 0.05) is 20.4 Å². The van der Waals surface area contributed by atoms with Crippen molar-refractivity contribution in [2.24, 2.45) is 29.6 Å². The maximum absolute atomic E-state index is 14.3. The molecule has 2 aliphatic carbocycles. The van der Waals surface area contributed by atoms with Crippen LogP contribution in [-0.4, -0.2) is 28.7 Å². The fraction of sp³-hybridized carbons (Fsp3) is 0.257. The van der Waals surface area contributed by atoms with E-state index in [4.69, 9.17) is 0 Å². The number of phenols is 1. The molecule has 2 aliphatic heterocycles. The number of phenolic OH excluding ortho intramolecular Hbond substituents is 1. The van der Waals surface area contributed by atoms with E-state index in [0.29, 0.717) is 35.3 Å². The average Bonchev–Trinajstić information content (AvgIpc) is 3.42. The molecule has 2 saturated heterocycles. The van der Waals surface area contributed by atoms with Crippen LogP contribution in [0.2, 0.25) is 0 Å². The summed E-state index contributed by atoms with van der Waals surface area (Å²) in [7, 11) is 0. The molecule has 222 valence electrons. The third-order valence-corrected chi connectivity index (χ3v) is 10.7. The number of halogens is 2. The lowest BCUT2D eigenvalue weighted by Gasteiger charge is -2.44. The normalized spacial score (nSPS) is 27.6. The summed E-state index contributed by atoms with van der Waals surface area (Å²) in [6.45, 7) is 3.81. The van der Waals surface area contributed by atoms with Crippen molar-refractivity contribution in [3.63, 3.8) is 0 Å². The van der Waals surface area contributed by atoms with Gasteiger partial charge < -0.3 is 5.11 Å². The number of carbonyl (C=O) groups is 4. The minimum atomic E-state index is -0.759. The van der Waals surface area contributed by atoms with Crippen LogP contribution < -0.4 is 9.80 Å². The highest BCUT2D eigenvalue weighted by Gasteiger charge is 2.62. The third kappa shape index (κ3) is 4.35. The molecule has 7 rings (SSSR count). The smallest absolute Gasteiger partial charge is 0.238 e. The van der Waals surface area contributed by atoms with Crippen LogP contribution in [-0.2, 0) is 25.6 Å². The second-order valence-electron chi connectivity index (χ2n) is 11.8. The van der Waals surface area contributed by atoms with Crippen molar-refractivity contribution in [3.05, 3.63) is 111 Å². The van der Waals surface area contributed by atoms with E-state index >= 15 is 0 Å². The Hall–Kier alpha value is -3.82. The summed E-state index contributed by atoms with van der Waals surface area (Å²) in [6, 6.07) is 19.5. The lowest BCUT2D eigenvalue weighted by Crippen LogP contribution is -2.43. The Morgan fingerprint density at radius 1 is 0.750 bits per heavy atom. The van der Waals surface area contributed by atoms with Gasteiger partial charge in [-0.15, -0.1) is 6.58 Å². The highest BCUT2D eigenvalue weighted by molar-refractivity contribution is 9.10. The molecule has 1 saturated carbocycles. The number of nitrogens with zero attached hydrogens (tertiary/aromatic N) is 2. The Balaban J connectivity index is 1.35. The topological polar surface area (TPSA) is 95.0 Å². The monoisotopic (exact) mass is 714 g/mol. The molecule has 0 bridgehead atoms. The summed E-state index contributed by atoms with van der Waals surface area (Å²) in [6.07, 6.45) is 4.73. The molecule has 4 aliphatic rings. The zero-order chi connectivity index (χ0) is 30.9. The van der Waals surface area contributed by atoms with E-state index in [0.717, 1.165) is 14.5 Å². The number of hydrogen-bond acceptors (Lipinski definition) is 5. The molecule has 6 atom stereocenters. The van der Waals surface area contributed by atoms with Gasteiger partial charge in [-0.3, -0.25) is 29.0 Å². The quantitative estimate of drug-likeness (QED) is 0.235. The number of amides is 4. The van der Waals surface area contributed by atoms with Crippen LogP contribution >= 0.6 is 31.9 Å². The maximum atomic E-state index is 14.3. The van der Waals surface area contributed by atoms with Gasteiger partial charge in [-0.25, -0.2) is 0 Å². The number of imide groups is 2. The number of fused-ring (bicyclic) bond motifs is 4. The average molecular weight is 716 g/mol. The van der Waals surface area contributed by atoms with Crippen molar-refractivity contribution in [2.75, 3.05) is 9.80 Å². The standard InChI is InChI=1S/C35H28Br2N2O5/c1-2-4-18-5-3-6-24(31(18)40)28-23-15-16-25-29(34(43)38(32(25)41)21-11-7-19(36)8-12-21)26(23)17-27-30(28)35(44)39(33(27)42)22-13-9-20(37)10-14-22/h2-3,5-15,25-30,40H,1,4,16-17H2/t25-,26+,27+,28+,29-,30+/m0/s1. The predicted molar refractivity (Wildman–Crippen MR) is 173 cm³/mol. The van der Waals surface area contributed by atoms with E-state index < -0.39 is 35.5 Å². The first-order chi connectivity index (χ1) is 21.2. The van der Waals surface area contributed by atoms with Crippen molar-refractivity contribution < 1.29 is 24.3 Å². The van der Waals surface area contributed by atoms with Gasteiger partial charge in [-0.2, -0.15) is 0 Å². The highest BCUT2D eigenvalue weighted by Crippen LogP contribution is 2.59. The molecule has 2 heterocycles. The van der Waals surface area contributed by atoms with E-state index in [1.807, 2.05) is 18.2 Å². The predicted octanol–water partition coefficient (Wildman–Crippen LogP) is 6.69. The van der Waals surface area contributed by atoms with Crippen molar-refractivity contribution in [1.82, 2.24) is 0 Å². The van der Waals surface area contributed by atoms with Gasteiger partial charge in [0.05, 0.1) is 35.0 Å². The number of carbonyl (C=O) groups excluding carboxylic acids is 4. The number of benzene rings is 3. The first-order valence-electron chi connectivity index (χ1n) is 14.6. The number of allylic oxidation sites excluding steroid dienone is 3. The van der Waals surface area contributed by atoms with E-state index in [9.17, 15) is 24.3 Å². The van der Waals surface area contributed by atoms with Gasteiger partial charge in [0.2, 0.25) is 23.6 Å². The van der Waals surface area contributed by atoms with E-state index in [-0.39, 0.29) is 35.8 Å². The Morgan fingerprint density at radius 3 is 1.91 bits per heavy atom. The van der Waals surface area contributed by atoms with Crippen LogP contribution in [0.25, 0.3) is 0 Å². The Morgan fingerprint density at radius 2 is 1.32 bits per heavy atom. The van der Waals surface area contributed by atoms with Gasteiger partial charge in [-0.05, 0) is 79.3 Å². The highest BCUT2D eigenvalue weighted by atomic mass is 79.9. The van der Waals surface area contributed by atoms with Crippen molar-refractivity contribution in [1.29, 1.82) is 0 Å². The molecule has 3 fully saturated rings. The van der Waals surface area contributed by atoms with Gasteiger partial charge in [0.1, 0.15) is 5.75 Å². The van der Waals surface area contributed by atoms with Gasteiger partial charge in [0.25, 0.3) is 0 Å². The molecule has 9 heteroatoms. The largest absolute Gasteiger partial charge is 0.507 e. The lowest BCUT2D eigenvalue weighted by molar-refractivity contribution is -0.126. The number of aromatic hydroxyl groups is 1. The number of rotatable bonds is 5. The third-order valence-electron chi connectivity index (χ3n) is 9.67. The zero-order valence-corrected chi connectivity index (χ0v) is 26.7. The van der Waals surface area contributed by atoms with Gasteiger partial charge >= 0.3 is 0 Å². The molecule has 4 amide bonds. The zero-order valence-electron chi connectivity index (χ0n) is 23.5. The summed E-state index contributed by atoms with van der Waals surface area (Å²) >= 11 is 6.83. The molecule has 44 heavy (non-hydrogen) atoms. The van der Waals surface area contributed by atoms with Crippen LogP contribution in [0.4, 0.5) is 11.4 Å². The first-order valence-corrected chi connectivity index (χ1v) is 16.2. The fourth-order valence-corrected chi connectivity index (χ4v) is 8.34. The van der Waals surface area contributed by atoms with Crippen LogP contribution in [0.15, 0.2) is 100.0 Å². The lowest BCUT2D eigenvalue weighted by atomic mass is 9.57. The van der Waals surface area contributed by atoms with Crippen molar-refractivity contribution in [3.8, 4) is 5.75 Å². The molecule has 0 aromatic heterocycles. The minimum absolute atomic E-state index is 0.0625. The van der Waals surface area contributed by atoms with Crippen LogP contribution in [0.3, 0.4) is 0 Å². The van der Waals surface area contributed by atoms with Gasteiger partial charge in [-0.1, -0.05) is 67.8 Å². The molecule has 3 aromatic carbocycles. The molecule has 1 N–H and O–H groups in total. The maximum Gasteiger partial charge on any atom is 0.238 e.